The molecule has 2 aromatic heterocycles. The van der Waals surface area contributed by atoms with E-state index in [4.69, 9.17) is 14.2 Å². The fraction of sp³-hybridized carbons (Fsp3) is 0.531. The normalized spacial score (nSPS) is 19.8. The lowest BCUT2D eigenvalue weighted by atomic mass is 9.93. The molecule has 0 radical (unpaired) electrons. The Kier molecular flexibility index (Phi) is 8.53. The summed E-state index contributed by atoms with van der Waals surface area (Å²) < 4.78 is 52.1. The maximum absolute atomic E-state index is 13.6. The molecule has 1 saturated heterocycles. The SMILES string of the molecule is CCc1c(C)noc1-c1cnc(N(CC)C2CCCCC2)c(CN2C(=O)O[C@H](c3cc(C)cc(C(F)(F)F)c3)[C@@H]2C)c1. The number of aryl methyl sites for hydroxylation is 2. The highest BCUT2D eigenvalue weighted by Gasteiger charge is 2.42. The number of halogens is 3. The van der Waals surface area contributed by atoms with Gasteiger partial charge in [-0.05, 0) is 70.7 Å². The average molecular weight is 585 g/mol. The summed E-state index contributed by atoms with van der Waals surface area (Å²) in [6.45, 7) is 10.5. The van der Waals surface area contributed by atoms with Crippen LogP contribution in [-0.4, -0.2) is 39.8 Å². The van der Waals surface area contributed by atoms with Crippen LogP contribution in [0.1, 0.15) is 92.5 Å². The maximum atomic E-state index is 13.6. The Morgan fingerprint density at radius 1 is 1.07 bits per heavy atom. The zero-order chi connectivity index (χ0) is 30.2. The first-order chi connectivity index (χ1) is 20.0. The lowest BCUT2D eigenvalue weighted by molar-refractivity contribution is -0.137. The van der Waals surface area contributed by atoms with E-state index in [0.29, 0.717) is 22.9 Å². The van der Waals surface area contributed by atoms with Gasteiger partial charge in [0, 0.05) is 35.5 Å². The van der Waals surface area contributed by atoms with E-state index in [9.17, 15) is 18.0 Å². The molecule has 1 aromatic carbocycles. The molecule has 0 spiro atoms. The number of nitrogens with zero attached hydrogens (tertiary/aromatic N) is 4. The van der Waals surface area contributed by atoms with Crippen LogP contribution in [-0.2, 0) is 23.9 Å². The lowest BCUT2D eigenvalue weighted by Crippen LogP contribution is -2.39. The van der Waals surface area contributed by atoms with E-state index in [1.54, 1.807) is 17.9 Å². The van der Waals surface area contributed by atoms with Crippen molar-refractivity contribution in [1.82, 2.24) is 15.0 Å². The molecule has 226 valence electrons. The molecule has 2 aliphatic rings. The van der Waals surface area contributed by atoms with Crippen LogP contribution in [0.2, 0.25) is 0 Å². The molecule has 42 heavy (non-hydrogen) atoms. The summed E-state index contributed by atoms with van der Waals surface area (Å²) in [5.41, 5.74) is 3.48. The van der Waals surface area contributed by atoms with Gasteiger partial charge in [0.15, 0.2) is 5.76 Å². The summed E-state index contributed by atoms with van der Waals surface area (Å²) in [4.78, 5) is 22.1. The van der Waals surface area contributed by atoms with Crippen molar-refractivity contribution in [3.8, 4) is 11.3 Å². The van der Waals surface area contributed by atoms with E-state index in [1.165, 1.54) is 19.3 Å². The zero-order valence-corrected chi connectivity index (χ0v) is 24.9. The van der Waals surface area contributed by atoms with Crippen molar-refractivity contribution in [3.63, 3.8) is 0 Å². The van der Waals surface area contributed by atoms with Crippen LogP contribution in [0.25, 0.3) is 11.3 Å². The van der Waals surface area contributed by atoms with Gasteiger partial charge >= 0.3 is 12.3 Å². The van der Waals surface area contributed by atoms with E-state index in [1.807, 2.05) is 33.0 Å². The summed E-state index contributed by atoms with van der Waals surface area (Å²) >= 11 is 0. The summed E-state index contributed by atoms with van der Waals surface area (Å²) in [6, 6.07) is 5.70. The molecule has 1 amide bonds. The molecular formula is C32H39F3N4O3. The first-order valence-electron chi connectivity index (χ1n) is 14.9. The van der Waals surface area contributed by atoms with E-state index >= 15 is 0 Å². The number of rotatable bonds is 8. The Bertz CT molecular complexity index is 1430. The largest absolute Gasteiger partial charge is 0.439 e. The fourth-order valence-corrected chi connectivity index (χ4v) is 6.49. The number of alkyl halides is 3. The smallest absolute Gasteiger partial charge is 0.416 e. The van der Waals surface area contributed by atoms with Gasteiger partial charge in [-0.2, -0.15) is 13.2 Å². The fourth-order valence-electron chi connectivity index (χ4n) is 6.49. The van der Waals surface area contributed by atoms with Gasteiger partial charge in [-0.15, -0.1) is 0 Å². The van der Waals surface area contributed by atoms with Crippen LogP contribution < -0.4 is 4.90 Å². The second-order valence-corrected chi connectivity index (χ2v) is 11.5. The minimum absolute atomic E-state index is 0.197. The molecule has 10 heteroatoms. The molecule has 5 rings (SSSR count). The number of pyridine rings is 1. The van der Waals surface area contributed by atoms with Crippen LogP contribution in [0, 0.1) is 13.8 Å². The van der Waals surface area contributed by atoms with Gasteiger partial charge < -0.3 is 14.2 Å². The van der Waals surface area contributed by atoms with Gasteiger partial charge in [-0.25, -0.2) is 9.78 Å². The van der Waals surface area contributed by atoms with Crippen LogP contribution in [0.5, 0.6) is 0 Å². The minimum Gasteiger partial charge on any atom is -0.439 e. The summed E-state index contributed by atoms with van der Waals surface area (Å²) in [7, 11) is 0. The van der Waals surface area contributed by atoms with E-state index < -0.39 is 30.0 Å². The van der Waals surface area contributed by atoms with Crippen LogP contribution >= 0.6 is 0 Å². The van der Waals surface area contributed by atoms with E-state index in [2.05, 4.69) is 17.0 Å². The van der Waals surface area contributed by atoms with Crippen molar-refractivity contribution < 1.29 is 27.2 Å². The Morgan fingerprint density at radius 2 is 1.81 bits per heavy atom. The summed E-state index contributed by atoms with van der Waals surface area (Å²) in [5.74, 6) is 1.46. The van der Waals surface area contributed by atoms with Crippen molar-refractivity contribution in [2.24, 2.45) is 0 Å². The van der Waals surface area contributed by atoms with Crippen molar-refractivity contribution in [1.29, 1.82) is 0 Å². The highest BCUT2D eigenvalue weighted by Crippen LogP contribution is 2.39. The highest BCUT2D eigenvalue weighted by molar-refractivity contribution is 5.72. The van der Waals surface area contributed by atoms with E-state index in [0.717, 1.165) is 66.1 Å². The second kappa shape index (κ2) is 12.0. The number of ether oxygens (including phenoxy) is 1. The van der Waals surface area contributed by atoms with Gasteiger partial charge in [0.1, 0.15) is 11.9 Å². The van der Waals surface area contributed by atoms with Gasteiger partial charge in [0.2, 0.25) is 0 Å². The molecule has 3 heterocycles. The number of aromatic nitrogens is 2. The van der Waals surface area contributed by atoms with Crippen molar-refractivity contribution in [2.45, 2.75) is 104 Å². The monoisotopic (exact) mass is 584 g/mol. The number of cyclic esters (lactones) is 1. The molecule has 2 atom stereocenters. The third kappa shape index (κ3) is 5.85. The lowest BCUT2D eigenvalue weighted by Gasteiger charge is -2.36. The Balaban J connectivity index is 1.52. The standard InChI is InChI=1S/C32H39F3N4O3/c1-6-27-20(4)37-42-29(27)23-15-24(30(36-17-23)38(7-2)26-11-9-8-10-12-26)18-39-21(5)28(41-31(39)40)22-13-19(3)14-25(16-22)32(33,34)35/h13-17,21,26,28H,6-12,18H2,1-5H3/t21-,28-/m0/s1. The number of hydrogen-bond donors (Lipinski definition) is 0. The third-order valence-electron chi connectivity index (χ3n) is 8.66. The van der Waals surface area contributed by atoms with Crippen molar-refractivity contribution in [2.75, 3.05) is 11.4 Å². The number of benzene rings is 1. The number of carbonyl (C=O) groups is 1. The van der Waals surface area contributed by atoms with Gasteiger partial charge in [-0.1, -0.05) is 43.0 Å². The quantitative estimate of drug-likeness (QED) is 0.266. The molecule has 0 bridgehead atoms. The molecule has 1 aliphatic carbocycles. The Labute approximate surface area is 245 Å². The maximum Gasteiger partial charge on any atom is 0.416 e. The number of amides is 1. The van der Waals surface area contributed by atoms with Crippen LogP contribution in [0.3, 0.4) is 0 Å². The van der Waals surface area contributed by atoms with Gasteiger partial charge in [0.05, 0.1) is 23.8 Å². The molecule has 7 nitrogen and oxygen atoms in total. The molecule has 0 N–H and O–H groups in total. The first-order valence-corrected chi connectivity index (χ1v) is 14.9. The molecule has 1 saturated carbocycles. The summed E-state index contributed by atoms with van der Waals surface area (Å²) in [5, 5.41) is 4.17. The molecule has 1 aliphatic heterocycles. The van der Waals surface area contributed by atoms with Crippen molar-refractivity contribution >= 4 is 11.9 Å². The van der Waals surface area contributed by atoms with Gasteiger partial charge in [-0.3, -0.25) is 4.90 Å². The number of hydrogen-bond acceptors (Lipinski definition) is 6. The molecule has 2 fully saturated rings. The minimum atomic E-state index is -4.49. The molecule has 3 aromatic rings. The van der Waals surface area contributed by atoms with Crippen molar-refractivity contribution in [3.05, 3.63) is 64.0 Å². The molecule has 0 unspecified atom stereocenters. The summed E-state index contributed by atoms with van der Waals surface area (Å²) in [6.07, 6.45) is 2.39. The van der Waals surface area contributed by atoms with Gasteiger partial charge in [0.25, 0.3) is 0 Å². The Morgan fingerprint density at radius 3 is 2.48 bits per heavy atom. The predicted molar refractivity (Wildman–Crippen MR) is 154 cm³/mol. The molecular weight excluding hydrogens is 545 g/mol. The topological polar surface area (TPSA) is 71.7 Å². The second-order valence-electron chi connectivity index (χ2n) is 11.5. The zero-order valence-electron chi connectivity index (χ0n) is 24.9. The Hall–Kier alpha value is -3.56. The number of carbonyl (C=O) groups excluding carboxylic acids is 1. The van der Waals surface area contributed by atoms with Crippen LogP contribution in [0.4, 0.5) is 23.8 Å². The predicted octanol–water partition coefficient (Wildman–Crippen LogP) is 8.18. The third-order valence-corrected chi connectivity index (χ3v) is 8.66. The first kappa shape index (κ1) is 29.9. The highest BCUT2D eigenvalue weighted by atomic mass is 19.4. The van der Waals surface area contributed by atoms with Crippen LogP contribution in [0.15, 0.2) is 35.0 Å². The average Bonchev–Trinajstić information content (AvgIpc) is 3.47. The number of anilines is 1. The van der Waals surface area contributed by atoms with E-state index in [-0.39, 0.29) is 6.54 Å².